The quantitative estimate of drug-likeness (QED) is 0.158. The van der Waals surface area contributed by atoms with Crippen LogP contribution in [0.4, 0.5) is 5.69 Å². The lowest BCUT2D eigenvalue weighted by molar-refractivity contribution is -0.384. The Hall–Kier alpha value is -3.31. The third-order valence-corrected chi connectivity index (χ3v) is 6.13. The number of non-ortho nitro benzene ring substituents is 1. The van der Waals surface area contributed by atoms with E-state index < -0.39 is 19.0 Å². The molecule has 2 heterocycles. The summed E-state index contributed by atoms with van der Waals surface area (Å²) in [5.41, 5.74) is 0.857. The van der Waals surface area contributed by atoms with Gasteiger partial charge in [-0.3, -0.25) is 10.1 Å². The summed E-state index contributed by atoms with van der Waals surface area (Å²) in [7, 11) is 0.0661. The molecule has 0 saturated carbocycles. The minimum absolute atomic E-state index is 0.0931. The molecule has 0 aliphatic rings. The summed E-state index contributed by atoms with van der Waals surface area (Å²) in [6.07, 6.45) is 2.98. The standard InChI is InChI=1S/C20H24N4O6Si/c1-28-20(25)16-12-23(13-29-8-9-31(2,3)4)19-18(16)22-17(11-21-19)30-15-7-5-6-14(10-15)24(26)27/h5-7,10-12H,8-9,13H2,1-4H3. The molecule has 0 aliphatic carbocycles. The Labute approximate surface area is 179 Å². The molecule has 0 aliphatic heterocycles. The van der Waals surface area contributed by atoms with Gasteiger partial charge in [-0.15, -0.1) is 0 Å². The van der Waals surface area contributed by atoms with Gasteiger partial charge in [0.1, 0.15) is 23.6 Å². The maximum atomic E-state index is 12.2. The van der Waals surface area contributed by atoms with Crippen molar-refractivity contribution in [1.29, 1.82) is 0 Å². The van der Waals surface area contributed by atoms with Crippen LogP contribution in [0, 0.1) is 10.1 Å². The summed E-state index contributed by atoms with van der Waals surface area (Å²) in [5, 5.41) is 11.0. The number of esters is 1. The third-order valence-electron chi connectivity index (χ3n) is 4.43. The Balaban J connectivity index is 1.87. The summed E-state index contributed by atoms with van der Waals surface area (Å²) in [5.74, 6) is -0.236. The van der Waals surface area contributed by atoms with Crippen molar-refractivity contribution in [3.8, 4) is 11.6 Å². The van der Waals surface area contributed by atoms with E-state index in [0.29, 0.717) is 17.8 Å². The van der Waals surface area contributed by atoms with Gasteiger partial charge in [0.25, 0.3) is 5.69 Å². The second-order valence-corrected chi connectivity index (χ2v) is 13.7. The molecule has 3 aromatic rings. The average molecular weight is 445 g/mol. The molecule has 0 fully saturated rings. The van der Waals surface area contributed by atoms with Gasteiger partial charge in [0.05, 0.1) is 24.3 Å². The first-order chi connectivity index (χ1) is 14.7. The molecule has 0 N–H and O–H groups in total. The van der Waals surface area contributed by atoms with Crippen molar-refractivity contribution in [3.05, 3.63) is 52.3 Å². The molecule has 0 amide bonds. The Kier molecular flexibility index (Phi) is 6.66. The second kappa shape index (κ2) is 9.23. The van der Waals surface area contributed by atoms with Gasteiger partial charge in [-0.05, 0) is 12.1 Å². The highest BCUT2D eigenvalue weighted by molar-refractivity contribution is 6.76. The van der Waals surface area contributed by atoms with Crippen LogP contribution in [0.2, 0.25) is 25.7 Å². The number of aromatic nitrogens is 3. The number of carbonyl (C=O) groups is 1. The molecule has 31 heavy (non-hydrogen) atoms. The highest BCUT2D eigenvalue weighted by Crippen LogP contribution is 2.26. The number of nitro benzene ring substituents is 1. The Bertz CT molecular complexity index is 1110. The smallest absolute Gasteiger partial charge is 0.341 e. The van der Waals surface area contributed by atoms with Gasteiger partial charge in [0.15, 0.2) is 5.65 Å². The summed E-state index contributed by atoms with van der Waals surface area (Å²) in [6.45, 7) is 7.64. The molecule has 3 rings (SSSR count). The molecule has 2 aromatic heterocycles. The molecule has 0 spiro atoms. The monoisotopic (exact) mass is 444 g/mol. The Morgan fingerprint density at radius 3 is 2.74 bits per heavy atom. The van der Waals surface area contributed by atoms with Gasteiger partial charge in [-0.2, -0.15) is 0 Å². The van der Waals surface area contributed by atoms with Crippen molar-refractivity contribution in [1.82, 2.24) is 14.5 Å². The van der Waals surface area contributed by atoms with Crippen LogP contribution in [0.15, 0.2) is 36.7 Å². The third kappa shape index (κ3) is 5.64. The van der Waals surface area contributed by atoms with Crippen molar-refractivity contribution in [2.45, 2.75) is 32.4 Å². The van der Waals surface area contributed by atoms with Crippen molar-refractivity contribution in [2.24, 2.45) is 0 Å². The molecular weight excluding hydrogens is 420 g/mol. The van der Waals surface area contributed by atoms with Crippen LogP contribution in [0.5, 0.6) is 11.6 Å². The fourth-order valence-electron chi connectivity index (χ4n) is 2.77. The lowest BCUT2D eigenvalue weighted by Crippen LogP contribution is -2.22. The SMILES string of the molecule is COC(=O)c1cn(COCC[Si](C)(C)C)c2ncc(Oc3cccc([N+](=O)[O-])c3)nc12. The van der Waals surface area contributed by atoms with E-state index in [2.05, 4.69) is 29.6 Å². The Morgan fingerprint density at radius 1 is 1.29 bits per heavy atom. The number of hydrogen-bond donors (Lipinski definition) is 0. The number of nitrogens with zero attached hydrogens (tertiary/aromatic N) is 4. The molecule has 164 valence electrons. The molecule has 11 heteroatoms. The number of carbonyl (C=O) groups excluding carboxylic acids is 1. The van der Waals surface area contributed by atoms with Gasteiger partial charge >= 0.3 is 5.97 Å². The van der Waals surface area contributed by atoms with Crippen molar-refractivity contribution >= 4 is 30.9 Å². The number of ether oxygens (including phenoxy) is 3. The summed E-state index contributed by atoms with van der Waals surface area (Å²) in [4.78, 5) is 31.4. The number of fused-ring (bicyclic) bond motifs is 1. The number of rotatable bonds is 9. The van der Waals surface area contributed by atoms with Crippen LogP contribution >= 0.6 is 0 Å². The van der Waals surface area contributed by atoms with E-state index >= 15 is 0 Å². The molecular formula is C20H24N4O6Si. The number of hydrogen-bond acceptors (Lipinski definition) is 8. The summed E-state index contributed by atoms with van der Waals surface area (Å²) in [6, 6.07) is 6.73. The van der Waals surface area contributed by atoms with E-state index in [9.17, 15) is 14.9 Å². The molecule has 0 atom stereocenters. The fraction of sp³-hybridized carbons (Fsp3) is 0.350. The zero-order valence-electron chi connectivity index (χ0n) is 17.8. The predicted molar refractivity (Wildman–Crippen MR) is 116 cm³/mol. The molecule has 0 saturated heterocycles. The van der Waals surface area contributed by atoms with Gasteiger partial charge in [-0.1, -0.05) is 25.7 Å². The highest BCUT2D eigenvalue weighted by Gasteiger charge is 2.20. The van der Waals surface area contributed by atoms with Gasteiger partial charge in [0.2, 0.25) is 5.88 Å². The van der Waals surface area contributed by atoms with Crippen LogP contribution in [0.1, 0.15) is 10.4 Å². The zero-order chi connectivity index (χ0) is 22.6. The Morgan fingerprint density at radius 2 is 2.06 bits per heavy atom. The molecule has 10 nitrogen and oxygen atoms in total. The topological polar surface area (TPSA) is 119 Å². The van der Waals surface area contributed by atoms with Crippen LogP contribution in [-0.4, -0.2) is 47.2 Å². The summed E-state index contributed by atoms with van der Waals surface area (Å²) >= 11 is 0. The van der Waals surface area contributed by atoms with E-state index in [0.717, 1.165) is 6.04 Å². The van der Waals surface area contributed by atoms with Gasteiger partial charge < -0.3 is 18.8 Å². The number of benzene rings is 1. The van der Waals surface area contributed by atoms with Crippen LogP contribution in [0.25, 0.3) is 11.2 Å². The molecule has 0 radical (unpaired) electrons. The number of methoxy groups -OCH3 is 1. The van der Waals surface area contributed by atoms with Crippen molar-refractivity contribution in [3.63, 3.8) is 0 Å². The van der Waals surface area contributed by atoms with Crippen LogP contribution in [-0.2, 0) is 16.2 Å². The second-order valence-electron chi connectivity index (χ2n) is 8.09. The minimum Gasteiger partial charge on any atom is -0.465 e. The normalized spacial score (nSPS) is 11.5. The molecule has 0 bridgehead atoms. The minimum atomic E-state index is -1.22. The van der Waals surface area contributed by atoms with Gasteiger partial charge in [-0.25, -0.2) is 14.8 Å². The lowest BCUT2D eigenvalue weighted by Gasteiger charge is -2.15. The van der Waals surface area contributed by atoms with E-state index in [1.807, 2.05) is 0 Å². The van der Waals surface area contributed by atoms with E-state index in [1.165, 1.54) is 31.5 Å². The first-order valence-electron chi connectivity index (χ1n) is 9.62. The number of nitro groups is 1. The van der Waals surface area contributed by atoms with Crippen LogP contribution < -0.4 is 4.74 Å². The van der Waals surface area contributed by atoms with E-state index in [-0.39, 0.29) is 29.6 Å². The maximum Gasteiger partial charge on any atom is 0.341 e. The zero-order valence-corrected chi connectivity index (χ0v) is 18.8. The van der Waals surface area contributed by atoms with E-state index in [1.54, 1.807) is 16.8 Å². The first-order valence-corrected chi connectivity index (χ1v) is 13.3. The highest BCUT2D eigenvalue weighted by atomic mass is 28.3. The fourth-order valence-corrected chi connectivity index (χ4v) is 3.52. The molecule has 0 unspecified atom stereocenters. The van der Waals surface area contributed by atoms with E-state index in [4.69, 9.17) is 14.2 Å². The van der Waals surface area contributed by atoms with Gasteiger partial charge in [0, 0.05) is 26.9 Å². The average Bonchev–Trinajstić information content (AvgIpc) is 3.08. The van der Waals surface area contributed by atoms with Crippen molar-refractivity contribution in [2.75, 3.05) is 13.7 Å². The maximum absolute atomic E-state index is 12.2. The largest absolute Gasteiger partial charge is 0.465 e. The predicted octanol–water partition coefficient (Wildman–Crippen LogP) is 4.23. The first kappa shape index (κ1) is 22.4. The van der Waals surface area contributed by atoms with Crippen molar-refractivity contribution < 1.29 is 23.9 Å². The lowest BCUT2D eigenvalue weighted by atomic mass is 10.3. The summed E-state index contributed by atoms with van der Waals surface area (Å²) < 4.78 is 17.9. The van der Waals surface area contributed by atoms with Crippen LogP contribution in [0.3, 0.4) is 0 Å². The molecule has 1 aromatic carbocycles.